The van der Waals surface area contributed by atoms with Gasteiger partial charge in [0.15, 0.2) is 11.5 Å². The van der Waals surface area contributed by atoms with E-state index in [1.165, 1.54) is 14.2 Å². The monoisotopic (exact) mass is 580 g/mol. The van der Waals surface area contributed by atoms with Gasteiger partial charge in [-0.1, -0.05) is 18.2 Å². The zero-order chi connectivity index (χ0) is 28.9. The number of hydrogen-bond donors (Lipinski definition) is 0. The van der Waals surface area contributed by atoms with Crippen molar-refractivity contribution in [3.05, 3.63) is 59.6 Å². The van der Waals surface area contributed by atoms with Gasteiger partial charge in [0.25, 0.3) is 0 Å². The number of methoxy groups -OCH3 is 2. The molecule has 0 spiro atoms. The molecule has 4 rings (SSSR count). The number of rotatable bonds is 9. The minimum atomic E-state index is -4.90. The number of ether oxygens (including phenoxy) is 2. The van der Waals surface area contributed by atoms with Crippen molar-refractivity contribution in [2.45, 2.75) is 43.6 Å². The van der Waals surface area contributed by atoms with E-state index in [1.54, 1.807) is 35.4 Å². The molecule has 0 radical (unpaired) electrons. The van der Waals surface area contributed by atoms with E-state index in [4.69, 9.17) is 9.47 Å². The van der Waals surface area contributed by atoms with Crippen LogP contribution in [0.4, 0.5) is 13.2 Å². The molecule has 0 bridgehead atoms. The number of alkyl halides is 3. The minimum Gasteiger partial charge on any atom is -0.493 e. The van der Waals surface area contributed by atoms with Gasteiger partial charge in [0, 0.05) is 44.4 Å². The lowest BCUT2D eigenvalue weighted by Crippen LogP contribution is -2.36. The van der Waals surface area contributed by atoms with Gasteiger partial charge in [-0.3, -0.25) is 4.79 Å². The van der Waals surface area contributed by atoms with Crippen LogP contribution in [0, 0.1) is 0 Å². The average molecular weight is 581 g/mol. The van der Waals surface area contributed by atoms with Crippen molar-refractivity contribution >= 4 is 21.3 Å². The highest BCUT2D eigenvalue weighted by Crippen LogP contribution is 2.32. The van der Waals surface area contributed by atoms with Gasteiger partial charge in [0.2, 0.25) is 20.9 Å². The fraction of sp³-hybridized carbons (Fsp3) is 0.444. The van der Waals surface area contributed by atoms with Gasteiger partial charge < -0.3 is 19.3 Å². The Balaban J connectivity index is 1.59. The van der Waals surface area contributed by atoms with Gasteiger partial charge in [-0.2, -0.15) is 13.2 Å². The molecule has 0 unspecified atom stereocenters. The molecule has 0 saturated carbocycles. The van der Waals surface area contributed by atoms with Gasteiger partial charge in [0.05, 0.1) is 25.7 Å². The molecule has 2 aliphatic rings. The lowest BCUT2D eigenvalue weighted by atomic mass is 10.1. The fourth-order valence-corrected chi connectivity index (χ4v) is 5.66. The van der Waals surface area contributed by atoms with Gasteiger partial charge in [-0.25, -0.2) is 18.4 Å². The van der Waals surface area contributed by atoms with Crippen molar-refractivity contribution in [1.29, 1.82) is 0 Å². The topological polar surface area (TPSA) is 102 Å². The summed E-state index contributed by atoms with van der Waals surface area (Å²) < 4.78 is 77.9. The second-order valence-electron chi connectivity index (χ2n) is 9.53. The van der Waals surface area contributed by atoms with Crippen LogP contribution < -0.4 is 9.47 Å². The molecule has 0 aliphatic carbocycles. The summed E-state index contributed by atoms with van der Waals surface area (Å²) in [5.74, 6) is 0.0758. The molecule has 1 aromatic heterocycles. The Morgan fingerprint density at radius 1 is 1.02 bits per heavy atom. The standard InChI is InChI=1S/C27H31F3N4O5S/c1-38-22-9-8-19(15-23(22)39-2)17-33-11-6-7-20(18-33)21-16-24(27(28,29)30)32-26(31-21)40(36,37)14-10-25(35)34-12-4-3-5-13-34/h6-9,15-16,18H,3-5,10-14,17H2,1-2H3. The molecule has 0 N–H and O–H groups in total. The maximum Gasteiger partial charge on any atom is 0.433 e. The number of nitrogens with zero attached hydrogens (tertiary/aromatic N) is 4. The van der Waals surface area contributed by atoms with Gasteiger partial charge in [-0.05, 0) is 43.0 Å². The van der Waals surface area contributed by atoms with Crippen LogP contribution in [0.2, 0.25) is 0 Å². The van der Waals surface area contributed by atoms with Crippen LogP contribution in [0.3, 0.4) is 0 Å². The quantitative estimate of drug-likeness (QED) is 0.409. The molecule has 0 atom stereocenters. The Morgan fingerprint density at radius 3 is 2.42 bits per heavy atom. The second kappa shape index (κ2) is 12.3. The van der Waals surface area contributed by atoms with Crippen LogP contribution in [-0.2, 0) is 27.4 Å². The lowest BCUT2D eigenvalue weighted by Gasteiger charge is -2.26. The predicted octanol–water partition coefficient (Wildman–Crippen LogP) is 4.10. The maximum atomic E-state index is 13.7. The van der Waals surface area contributed by atoms with Gasteiger partial charge >= 0.3 is 6.18 Å². The number of carbonyl (C=O) groups is 1. The summed E-state index contributed by atoms with van der Waals surface area (Å²) in [5.41, 5.74) is -0.398. The number of hydrogen-bond acceptors (Lipinski definition) is 8. The summed E-state index contributed by atoms with van der Waals surface area (Å²) in [6, 6.07) is 6.13. The van der Waals surface area contributed by atoms with Gasteiger partial charge in [-0.15, -0.1) is 0 Å². The summed E-state index contributed by atoms with van der Waals surface area (Å²) >= 11 is 0. The summed E-state index contributed by atoms with van der Waals surface area (Å²) in [5, 5.41) is -0.949. The minimum absolute atomic E-state index is 0.184. The number of allylic oxidation sites excluding steroid dienone is 2. The molecule has 3 heterocycles. The molecule has 2 aromatic rings. The lowest BCUT2D eigenvalue weighted by molar-refractivity contribution is -0.141. The number of aromatic nitrogens is 2. The van der Waals surface area contributed by atoms with Crippen LogP contribution in [0.15, 0.2) is 47.8 Å². The van der Waals surface area contributed by atoms with Crippen molar-refractivity contribution in [3.8, 4) is 11.5 Å². The molecular weight excluding hydrogens is 549 g/mol. The van der Waals surface area contributed by atoms with Crippen LogP contribution >= 0.6 is 0 Å². The third kappa shape index (κ3) is 7.12. The van der Waals surface area contributed by atoms with Crippen molar-refractivity contribution in [2.24, 2.45) is 0 Å². The highest BCUT2D eigenvalue weighted by atomic mass is 32.2. The Kier molecular flexibility index (Phi) is 9.02. The van der Waals surface area contributed by atoms with Crippen LogP contribution in [-0.4, -0.2) is 73.7 Å². The first-order chi connectivity index (χ1) is 19.0. The molecule has 216 valence electrons. The smallest absolute Gasteiger partial charge is 0.433 e. The summed E-state index contributed by atoms with van der Waals surface area (Å²) in [7, 11) is -1.33. The number of halogens is 3. The Bertz CT molecular complexity index is 1400. The molecule has 1 saturated heterocycles. The summed E-state index contributed by atoms with van der Waals surface area (Å²) in [6.07, 6.45) is 2.38. The first-order valence-electron chi connectivity index (χ1n) is 12.8. The summed E-state index contributed by atoms with van der Waals surface area (Å²) in [6.45, 7) is 1.96. The number of likely N-dealkylation sites (tertiary alicyclic amines) is 1. The molecule has 13 heteroatoms. The number of piperidine rings is 1. The third-order valence-corrected chi connectivity index (χ3v) is 8.14. The third-order valence-electron chi connectivity index (χ3n) is 6.66. The van der Waals surface area contributed by atoms with E-state index < -0.39 is 32.6 Å². The number of sulfone groups is 1. The first kappa shape index (κ1) is 29.4. The maximum absolute atomic E-state index is 13.7. The molecule has 1 amide bonds. The van der Waals surface area contributed by atoms with E-state index in [2.05, 4.69) is 9.97 Å². The highest BCUT2D eigenvalue weighted by Gasteiger charge is 2.36. The number of carbonyl (C=O) groups excluding carboxylic acids is 1. The van der Waals surface area contributed by atoms with Crippen LogP contribution in [0.25, 0.3) is 5.57 Å². The number of amides is 1. The molecule has 1 aromatic carbocycles. The molecule has 2 aliphatic heterocycles. The largest absolute Gasteiger partial charge is 0.493 e. The molecule has 9 nitrogen and oxygen atoms in total. The van der Waals surface area contributed by atoms with Crippen molar-refractivity contribution in [2.75, 3.05) is 39.6 Å². The number of benzene rings is 1. The van der Waals surface area contributed by atoms with E-state index in [1.807, 2.05) is 11.0 Å². The Morgan fingerprint density at radius 2 is 1.75 bits per heavy atom. The fourth-order valence-electron chi connectivity index (χ4n) is 4.55. The second-order valence-corrected chi connectivity index (χ2v) is 11.5. The van der Waals surface area contributed by atoms with Crippen LogP contribution in [0.1, 0.15) is 42.6 Å². The summed E-state index contributed by atoms with van der Waals surface area (Å²) in [4.78, 5) is 23.3. The van der Waals surface area contributed by atoms with E-state index in [0.29, 0.717) is 43.3 Å². The van der Waals surface area contributed by atoms with E-state index in [9.17, 15) is 26.4 Å². The zero-order valence-electron chi connectivity index (χ0n) is 22.3. The van der Waals surface area contributed by atoms with Crippen molar-refractivity contribution < 1.29 is 35.9 Å². The molecule has 1 fully saturated rings. The Hall–Kier alpha value is -3.61. The first-order valence-corrected chi connectivity index (χ1v) is 14.5. The molecular formula is C27H31F3N4O5S. The van der Waals surface area contributed by atoms with E-state index in [-0.39, 0.29) is 18.0 Å². The SMILES string of the molecule is COc1ccc(CN2C=C(c3cc(C(F)(F)F)nc(S(=O)(=O)CCC(=O)N4CCCCC4)n3)C=CC2)cc1OC. The van der Waals surface area contributed by atoms with Crippen molar-refractivity contribution in [1.82, 2.24) is 19.8 Å². The van der Waals surface area contributed by atoms with Crippen molar-refractivity contribution in [3.63, 3.8) is 0 Å². The van der Waals surface area contributed by atoms with E-state index in [0.717, 1.165) is 30.9 Å². The predicted molar refractivity (Wildman–Crippen MR) is 141 cm³/mol. The average Bonchev–Trinajstić information content (AvgIpc) is 2.95. The highest BCUT2D eigenvalue weighted by molar-refractivity contribution is 7.91. The van der Waals surface area contributed by atoms with E-state index >= 15 is 0 Å². The normalized spacial score (nSPS) is 16.1. The Labute approximate surface area is 231 Å². The molecule has 40 heavy (non-hydrogen) atoms. The zero-order valence-corrected chi connectivity index (χ0v) is 23.1. The van der Waals surface area contributed by atoms with Crippen LogP contribution in [0.5, 0.6) is 11.5 Å². The van der Waals surface area contributed by atoms with Gasteiger partial charge in [0.1, 0.15) is 5.69 Å².